The average molecular weight is 368 g/mol. The van der Waals surface area contributed by atoms with E-state index in [1.54, 1.807) is 13.8 Å². The van der Waals surface area contributed by atoms with Crippen molar-refractivity contribution in [1.29, 1.82) is 0 Å². The highest BCUT2D eigenvalue weighted by Crippen LogP contribution is 2.20. The van der Waals surface area contributed by atoms with Crippen molar-refractivity contribution in [2.45, 2.75) is 57.7 Å². The minimum atomic E-state index is -1.03. The first-order valence-corrected chi connectivity index (χ1v) is 9.15. The summed E-state index contributed by atoms with van der Waals surface area (Å²) in [5, 5.41) is 17.5. The standard InChI is InChI=1S/C17H28N4O5/c1-10(2)14(16(24)21-8-4-6-12(21)17(25)26)20-13(22)9-19-15(23)11-5-3-7-18-11/h10-12,14,18H,3-9H2,1-2H3,(H,19,23)(H,20,22)(H,25,26). The molecule has 4 N–H and O–H groups in total. The molecular formula is C17H28N4O5. The van der Waals surface area contributed by atoms with Crippen molar-refractivity contribution in [3.05, 3.63) is 0 Å². The minimum Gasteiger partial charge on any atom is -0.480 e. The summed E-state index contributed by atoms with van der Waals surface area (Å²) in [6.45, 7) is 4.52. The number of carbonyl (C=O) groups is 4. The van der Waals surface area contributed by atoms with E-state index in [4.69, 9.17) is 0 Å². The van der Waals surface area contributed by atoms with Crippen LogP contribution in [0.2, 0.25) is 0 Å². The van der Waals surface area contributed by atoms with Crippen LogP contribution in [0.15, 0.2) is 0 Å². The molecule has 0 aromatic rings. The van der Waals surface area contributed by atoms with Crippen molar-refractivity contribution >= 4 is 23.7 Å². The molecule has 0 spiro atoms. The Kier molecular flexibility index (Phi) is 6.96. The number of nitrogens with zero attached hydrogens (tertiary/aromatic N) is 1. The SMILES string of the molecule is CC(C)C(NC(=O)CNC(=O)C1CCCN1)C(=O)N1CCCC1C(=O)O. The van der Waals surface area contributed by atoms with E-state index >= 15 is 0 Å². The fourth-order valence-electron chi connectivity index (χ4n) is 3.40. The molecule has 0 radical (unpaired) electrons. The Bertz CT molecular complexity index is 559. The highest BCUT2D eigenvalue weighted by Gasteiger charge is 2.38. The molecule has 3 unspecified atom stereocenters. The molecule has 3 atom stereocenters. The van der Waals surface area contributed by atoms with Gasteiger partial charge in [-0.1, -0.05) is 13.8 Å². The first kappa shape index (κ1) is 20.2. The maximum absolute atomic E-state index is 12.7. The number of carboxylic acids is 1. The molecule has 9 nitrogen and oxygen atoms in total. The number of rotatable bonds is 7. The Morgan fingerprint density at radius 2 is 1.92 bits per heavy atom. The normalized spacial score (nSPS) is 23.7. The molecule has 2 rings (SSSR count). The lowest BCUT2D eigenvalue weighted by Crippen LogP contribution is -2.55. The maximum Gasteiger partial charge on any atom is 0.326 e. The van der Waals surface area contributed by atoms with Gasteiger partial charge in [-0.3, -0.25) is 14.4 Å². The van der Waals surface area contributed by atoms with Gasteiger partial charge in [-0.05, 0) is 38.1 Å². The fraction of sp³-hybridized carbons (Fsp3) is 0.765. The second-order valence-electron chi connectivity index (χ2n) is 7.18. The molecule has 0 aromatic carbocycles. The van der Waals surface area contributed by atoms with Gasteiger partial charge in [0.15, 0.2) is 0 Å². The summed E-state index contributed by atoms with van der Waals surface area (Å²) in [4.78, 5) is 49.5. The van der Waals surface area contributed by atoms with E-state index < -0.39 is 24.0 Å². The number of hydrogen-bond donors (Lipinski definition) is 4. The van der Waals surface area contributed by atoms with Crippen LogP contribution in [-0.4, -0.2) is 71.5 Å². The predicted molar refractivity (Wildman–Crippen MR) is 93.2 cm³/mol. The second-order valence-corrected chi connectivity index (χ2v) is 7.18. The van der Waals surface area contributed by atoms with Gasteiger partial charge in [-0.2, -0.15) is 0 Å². The van der Waals surface area contributed by atoms with Gasteiger partial charge >= 0.3 is 5.97 Å². The third kappa shape index (κ3) is 4.94. The first-order valence-electron chi connectivity index (χ1n) is 9.15. The molecule has 0 aromatic heterocycles. The van der Waals surface area contributed by atoms with Crippen molar-refractivity contribution in [1.82, 2.24) is 20.9 Å². The Morgan fingerprint density at radius 1 is 1.19 bits per heavy atom. The molecular weight excluding hydrogens is 340 g/mol. The number of aliphatic carboxylic acids is 1. The van der Waals surface area contributed by atoms with Crippen LogP contribution < -0.4 is 16.0 Å². The zero-order chi connectivity index (χ0) is 19.3. The quantitative estimate of drug-likeness (QED) is 0.460. The van der Waals surface area contributed by atoms with Crippen LogP contribution in [0.5, 0.6) is 0 Å². The van der Waals surface area contributed by atoms with Crippen molar-refractivity contribution in [3.63, 3.8) is 0 Å². The van der Waals surface area contributed by atoms with Crippen LogP contribution in [0.4, 0.5) is 0 Å². The summed E-state index contributed by atoms with van der Waals surface area (Å²) in [5.41, 5.74) is 0. The monoisotopic (exact) mass is 368 g/mol. The number of likely N-dealkylation sites (tertiary alicyclic amines) is 1. The molecule has 26 heavy (non-hydrogen) atoms. The van der Waals surface area contributed by atoms with Crippen LogP contribution in [0.3, 0.4) is 0 Å². The Balaban J connectivity index is 1.90. The highest BCUT2D eigenvalue weighted by molar-refractivity contribution is 5.93. The van der Waals surface area contributed by atoms with Gasteiger partial charge in [-0.25, -0.2) is 4.79 Å². The molecule has 0 aliphatic carbocycles. The van der Waals surface area contributed by atoms with Crippen LogP contribution >= 0.6 is 0 Å². The molecule has 0 saturated carbocycles. The predicted octanol–water partition coefficient (Wildman–Crippen LogP) is -0.929. The summed E-state index contributed by atoms with van der Waals surface area (Å²) in [6, 6.07) is -1.93. The van der Waals surface area contributed by atoms with Crippen LogP contribution in [0.25, 0.3) is 0 Å². The van der Waals surface area contributed by atoms with E-state index in [2.05, 4.69) is 16.0 Å². The second kappa shape index (κ2) is 8.98. The topological polar surface area (TPSA) is 128 Å². The van der Waals surface area contributed by atoms with Crippen LogP contribution in [0.1, 0.15) is 39.5 Å². The maximum atomic E-state index is 12.7. The van der Waals surface area contributed by atoms with Gasteiger partial charge in [-0.15, -0.1) is 0 Å². The molecule has 9 heteroatoms. The van der Waals surface area contributed by atoms with E-state index in [0.717, 1.165) is 19.4 Å². The summed E-state index contributed by atoms with van der Waals surface area (Å²) < 4.78 is 0. The Morgan fingerprint density at radius 3 is 2.50 bits per heavy atom. The summed E-state index contributed by atoms with van der Waals surface area (Å²) >= 11 is 0. The summed E-state index contributed by atoms with van der Waals surface area (Å²) in [6.07, 6.45) is 2.72. The fourth-order valence-corrected chi connectivity index (χ4v) is 3.40. The average Bonchev–Trinajstić information content (AvgIpc) is 3.27. The zero-order valence-electron chi connectivity index (χ0n) is 15.3. The largest absolute Gasteiger partial charge is 0.480 e. The van der Waals surface area contributed by atoms with Gasteiger partial charge in [0.25, 0.3) is 0 Å². The van der Waals surface area contributed by atoms with Gasteiger partial charge in [0, 0.05) is 6.54 Å². The van der Waals surface area contributed by atoms with Crippen molar-refractivity contribution < 1.29 is 24.3 Å². The lowest BCUT2D eigenvalue weighted by molar-refractivity contribution is -0.150. The Labute approximate surface area is 152 Å². The van der Waals surface area contributed by atoms with Gasteiger partial charge < -0.3 is 26.0 Å². The molecule has 2 aliphatic heterocycles. The van der Waals surface area contributed by atoms with Crippen LogP contribution in [0, 0.1) is 5.92 Å². The molecule has 2 fully saturated rings. The van der Waals surface area contributed by atoms with E-state index in [1.165, 1.54) is 4.90 Å². The molecule has 146 valence electrons. The molecule has 3 amide bonds. The van der Waals surface area contributed by atoms with Crippen molar-refractivity contribution in [3.8, 4) is 0 Å². The molecule has 2 saturated heterocycles. The van der Waals surface area contributed by atoms with E-state index in [1.807, 2.05) is 0 Å². The van der Waals surface area contributed by atoms with Gasteiger partial charge in [0.2, 0.25) is 17.7 Å². The van der Waals surface area contributed by atoms with Gasteiger partial charge in [0.05, 0.1) is 12.6 Å². The summed E-state index contributed by atoms with van der Waals surface area (Å²) in [7, 11) is 0. The number of carboxylic acid groups (broad SMARTS) is 1. The first-order chi connectivity index (χ1) is 12.3. The highest BCUT2D eigenvalue weighted by atomic mass is 16.4. The smallest absolute Gasteiger partial charge is 0.326 e. The third-order valence-electron chi connectivity index (χ3n) is 4.87. The van der Waals surface area contributed by atoms with Crippen molar-refractivity contribution in [2.24, 2.45) is 5.92 Å². The van der Waals surface area contributed by atoms with E-state index in [-0.39, 0.29) is 30.3 Å². The molecule has 2 heterocycles. The van der Waals surface area contributed by atoms with E-state index in [9.17, 15) is 24.3 Å². The lowest BCUT2D eigenvalue weighted by atomic mass is 10.0. The van der Waals surface area contributed by atoms with Gasteiger partial charge in [0.1, 0.15) is 12.1 Å². The number of carbonyl (C=O) groups excluding carboxylic acids is 3. The Hall–Kier alpha value is -2.16. The number of nitrogens with one attached hydrogen (secondary N) is 3. The van der Waals surface area contributed by atoms with Crippen molar-refractivity contribution in [2.75, 3.05) is 19.6 Å². The zero-order valence-corrected chi connectivity index (χ0v) is 15.3. The number of amides is 3. The molecule has 0 bridgehead atoms. The molecule has 2 aliphatic rings. The number of hydrogen-bond acceptors (Lipinski definition) is 5. The third-order valence-corrected chi connectivity index (χ3v) is 4.87. The minimum absolute atomic E-state index is 0.200. The van der Waals surface area contributed by atoms with Crippen LogP contribution in [-0.2, 0) is 19.2 Å². The lowest BCUT2D eigenvalue weighted by Gasteiger charge is -2.29. The van der Waals surface area contributed by atoms with E-state index in [0.29, 0.717) is 19.4 Å². The summed E-state index contributed by atoms with van der Waals surface area (Å²) in [5.74, 6) is -2.30.